The molecule has 1 amide bonds. The number of carbonyl (C=O) groups is 1. The van der Waals surface area contributed by atoms with E-state index in [1.54, 1.807) is 11.5 Å². The Labute approximate surface area is 93.1 Å². The minimum atomic E-state index is -0.506. The van der Waals surface area contributed by atoms with Gasteiger partial charge in [0.2, 0.25) is 0 Å². The normalized spacial score (nSPS) is 10.9. The van der Waals surface area contributed by atoms with Gasteiger partial charge in [-0.25, -0.2) is 4.79 Å². The lowest BCUT2D eigenvalue weighted by atomic mass is 10.2. The quantitative estimate of drug-likeness (QED) is 0.842. The van der Waals surface area contributed by atoms with Crippen LogP contribution in [0.15, 0.2) is 12.0 Å². The molecule has 0 saturated carbocycles. The molecule has 1 heterocycles. The van der Waals surface area contributed by atoms with Crippen LogP contribution in [0, 0.1) is 0 Å². The first-order valence-corrected chi connectivity index (χ1v) is 5.33. The molecule has 0 bridgehead atoms. The van der Waals surface area contributed by atoms with Gasteiger partial charge in [0, 0.05) is 10.9 Å². The van der Waals surface area contributed by atoms with Crippen LogP contribution in [0.2, 0.25) is 0 Å². The highest BCUT2D eigenvalue weighted by atomic mass is 32.1. The summed E-state index contributed by atoms with van der Waals surface area (Å²) in [5.41, 5.74) is 0.292. The molecule has 0 unspecified atom stereocenters. The predicted molar refractivity (Wildman–Crippen MR) is 62.1 cm³/mol. The van der Waals surface area contributed by atoms with E-state index in [0.29, 0.717) is 5.82 Å². The Hall–Kier alpha value is -1.36. The monoisotopic (exact) mass is 226 g/mol. The molecule has 82 valence electrons. The zero-order valence-corrected chi connectivity index (χ0v) is 9.85. The van der Waals surface area contributed by atoms with Gasteiger partial charge in [0.25, 0.3) is 0 Å². The van der Waals surface area contributed by atoms with Crippen LogP contribution in [-0.2, 0) is 4.74 Å². The van der Waals surface area contributed by atoms with Crippen molar-refractivity contribution in [1.29, 1.82) is 0 Å². The molecule has 0 aliphatic heterocycles. The smallest absolute Gasteiger partial charge is 0.413 e. The number of anilines is 1. The summed E-state index contributed by atoms with van der Waals surface area (Å²) in [6.07, 6.45) is 1.13. The molecule has 0 saturated heterocycles. The van der Waals surface area contributed by atoms with Crippen molar-refractivity contribution in [1.82, 2.24) is 4.37 Å². The summed E-state index contributed by atoms with van der Waals surface area (Å²) in [5.74, 6) is 0.490. The molecule has 0 aliphatic carbocycles. The number of nitrogens with one attached hydrogen (secondary N) is 1. The van der Waals surface area contributed by atoms with E-state index < -0.39 is 11.7 Å². The fourth-order valence-electron chi connectivity index (χ4n) is 0.884. The highest BCUT2D eigenvalue weighted by Gasteiger charge is 2.17. The summed E-state index contributed by atoms with van der Waals surface area (Å²) in [6, 6.07) is 0. The molecule has 5 heteroatoms. The lowest BCUT2D eigenvalue weighted by Gasteiger charge is -2.19. The van der Waals surface area contributed by atoms with Gasteiger partial charge in [0.1, 0.15) is 5.60 Å². The van der Waals surface area contributed by atoms with Gasteiger partial charge in [-0.05, 0) is 32.3 Å². The second kappa shape index (κ2) is 4.44. The first-order valence-electron chi connectivity index (χ1n) is 4.49. The van der Waals surface area contributed by atoms with E-state index in [1.165, 1.54) is 11.5 Å². The van der Waals surface area contributed by atoms with Gasteiger partial charge in [-0.15, -0.1) is 0 Å². The Morgan fingerprint density at radius 1 is 1.67 bits per heavy atom. The first-order chi connectivity index (χ1) is 6.92. The lowest BCUT2D eigenvalue weighted by molar-refractivity contribution is 0.0635. The highest BCUT2D eigenvalue weighted by molar-refractivity contribution is 7.04. The molecule has 0 aliphatic rings. The molecule has 0 spiro atoms. The largest absolute Gasteiger partial charge is 0.444 e. The topological polar surface area (TPSA) is 51.2 Å². The number of carbonyl (C=O) groups excluding carboxylic acids is 1. The number of aromatic nitrogens is 1. The third-order valence-corrected chi connectivity index (χ3v) is 2.08. The molecular weight excluding hydrogens is 212 g/mol. The number of ether oxygens (including phenoxy) is 1. The maximum Gasteiger partial charge on any atom is 0.413 e. The van der Waals surface area contributed by atoms with Crippen LogP contribution in [-0.4, -0.2) is 16.1 Å². The predicted octanol–water partition coefficient (Wildman–Crippen LogP) is 3.13. The van der Waals surface area contributed by atoms with Gasteiger partial charge in [0.15, 0.2) is 5.82 Å². The number of hydrogen-bond donors (Lipinski definition) is 1. The second-order valence-electron chi connectivity index (χ2n) is 3.95. The second-order valence-corrected chi connectivity index (χ2v) is 4.58. The van der Waals surface area contributed by atoms with Crippen LogP contribution < -0.4 is 5.32 Å². The third-order valence-electron chi connectivity index (χ3n) is 1.44. The SMILES string of the molecule is C=Cc1csnc1NC(=O)OC(C)(C)C. The van der Waals surface area contributed by atoms with E-state index in [0.717, 1.165) is 5.56 Å². The van der Waals surface area contributed by atoms with Crippen molar-refractivity contribution in [3.63, 3.8) is 0 Å². The van der Waals surface area contributed by atoms with Gasteiger partial charge >= 0.3 is 6.09 Å². The Bertz CT molecular complexity index is 366. The maximum absolute atomic E-state index is 11.4. The van der Waals surface area contributed by atoms with E-state index in [9.17, 15) is 4.79 Å². The summed E-state index contributed by atoms with van der Waals surface area (Å²) in [4.78, 5) is 11.4. The maximum atomic E-state index is 11.4. The van der Waals surface area contributed by atoms with Crippen molar-refractivity contribution in [2.45, 2.75) is 26.4 Å². The van der Waals surface area contributed by atoms with Crippen molar-refractivity contribution >= 4 is 29.5 Å². The molecule has 1 aromatic rings. The summed E-state index contributed by atoms with van der Waals surface area (Å²) in [5, 5.41) is 4.37. The molecule has 0 radical (unpaired) electrons. The van der Waals surface area contributed by atoms with Crippen LogP contribution in [0.25, 0.3) is 6.08 Å². The van der Waals surface area contributed by atoms with Crippen LogP contribution in [0.3, 0.4) is 0 Å². The molecule has 1 N–H and O–H groups in total. The highest BCUT2D eigenvalue weighted by Crippen LogP contribution is 2.18. The fourth-order valence-corrected chi connectivity index (χ4v) is 1.52. The van der Waals surface area contributed by atoms with Gasteiger partial charge in [0.05, 0.1) is 0 Å². The molecule has 4 nitrogen and oxygen atoms in total. The van der Waals surface area contributed by atoms with Crippen LogP contribution in [0.5, 0.6) is 0 Å². The van der Waals surface area contributed by atoms with E-state index in [1.807, 2.05) is 20.8 Å². The summed E-state index contributed by atoms with van der Waals surface area (Å²) in [6.45, 7) is 9.04. The average molecular weight is 226 g/mol. The van der Waals surface area contributed by atoms with Crippen molar-refractivity contribution in [2.24, 2.45) is 0 Å². The lowest BCUT2D eigenvalue weighted by Crippen LogP contribution is -2.27. The Morgan fingerprint density at radius 3 is 2.87 bits per heavy atom. The standard InChI is InChI=1S/C10H14N2O2S/c1-5-7-6-15-12-8(7)11-9(13)14-10(2,3)4/h5-6H,1H2,2-4H3,(H,11,12,13). The van der Waals surface area contributed by atoms with E-state index in [-0.39, 0.29) is 0 Å². The molecule has 1 rings (SSSR count). The number of amides is 1. The van der Waals surface area contributed by atoms with Gasteiger partial charge < -0.3 is 4.74 Å². The minimum Gasteiger partial charge on any atom is -0.444 e. The summed E-state index contributed by atoms with van der Waals surface area (Å²) >= 11 is 1.26. The van der Waals surface area contributed by atoms with Crippen molar-refractivity contribution in [3.05, 3.63) is 17.5 Å². The van der Waals surface area contributed by atoms with Crippen molar-refractivity contribution in [2.75, 3.05) is 5.32 Å². The summed E-state index contributed by atoms with van der Waals surface area (Å²) in [7, 11) is 0. The molecule has 0 aromatic carbocycles. The summed E-state index contributed by atoms with van der Waals surface area (Å²) < 4.78 is 9.11. The Balaban J connectivity index is 2.63. The number of nitrogens with zero attached hydrogens (tertiary/aromatic N) is 1. The molecule has 0 fully saturated rings. The average Bonchev–Trinajstić information content (AvgIpc) is 2.48. The van der Waals surface area contributed by atoms with Gasteiger partial charge in [-0.3, -0.25) is 5.32 Å². The van der Waals surface area contributed by atoms with Crippen LogP contribution >= 0.6 is 11.5 Å². The van der Waals surface area contributed by atoms with E-state index in [2.05, 4.69) is 16.3 Å². The zero-order valence-electron chi connectivity index (χ0n) is 9.03. The zero-order chi connectivity index (χ0) is 11.5. The Morgan fingerprint density at radius 2 is 2.33 bits per heavy atom. The molecule has 0 atom stereocenters. The molecular formula is C10H14N2O2S. The van der Waals surface area contributed by atoms with Gasteiger partial charge in [-0.2, -0.15) is 4.37 Å². The van der Waals surface area contributed by atoms with Crippen molar-refractivity contribution < 1.29 is 9.53 Å². The molecule has 1 aromatic heterocycles. The third kappa shape index (κ3) is 3.71. The first kappa shape index (κ1) is 11.7. The van der Waals surface area contributed by atoms with Gasteiger partial charge in [-0.1, -0.05) is 12.7 Å². The Kier molecular flexibility index (Phi) is 3.47. The van der Waals surface area contributed by atoms with Crippen LogP contribution in [0.1, 0.15) is 26.3 Å². The number of hydrogen-bond acceptors (Lipinski definition) is 4. The van der Waals surface area contributed by atoms with E-state index >= 15 is 0 Å². The number of rotatable bonds is 2. The van der Waals surface area contributed by atoms with Crippen molar-refractivity contribution in [3.8, 4) is 0 Å². The van der Waals surface area contributed by atoms with E-state index in [4.69, 9.17) is 4.74 Å². The molecule has 15 heavy (non-hydrogen) atoms. The fraction of sp³-hybridized carbons (Fsp3) is 0.400. The van der Waals surface area contributed by atoms with Crippen LogP contribution in [0.4, 0.5) is 10.6 Å². The minimum absolute atomic E-state index is 0.490.